The number of nitrogens with zero attached hydrogens (tertiary/aromatic N) is 3. The van der Waals surface area contributed by atoms with Crippen LogP contribution in [0.1, 0.15) is 11.4 Å². The predicted molar refractivity (Wildman–Crippen MR) is 131 cm³/mol. The number of carbonyl (C=O) groups excluding carboxylic acids is 1. The van der Waals surface area contributed by atoms with Crippen molar-refractivity contribution in [3.05, 3.63) is 94.0 Å². The first-order valence-corrected chi connectivity index (χ1v) is 10.6. The minimum absolute atomic E-state index is 0.101. The van der Waals surface area contributed by atoms with Crippen molar-refractivity contribution in [3.63, 3.8) is 0 Å². The number of aromatic nitrogens is 3. The number of benzene rings is 3. The number of halogens is 3. The van der Waals surface area contributed by atoms with Crippen molar-refractivity contribution in [2.45, 2.75) is 0 Å². The third-order valence-corrected chi connectivity index (χ3v) is 5.49. The SMILES string of the molecule is Cn1c(/C=C/c2c(Cl)cccc2Cl)nnc1-c1ccc(NC(=O)Nc2ccccc2F)cc1. The Hall–Kier alpha value is -3.68. The van der Waals surface area contributed by atoms with Gasteiger partial charge < -0.3 is 15.2 Å². The Morgan fingerprint density at radius 2 is 1.61 bits per heavy atom. The minimum Gasteiger partial charge on any atom is -0.311 e. The van der Waals surface area contributed by atoms with Crippen molar-refractivity contribution in [2.75, 3.05) is 10.6 Å². The summed E-state index contributed by atoms with van der Waals surface area (Å²) < 4.78 is 15.5. The van der Waals surface area contributed by atoms with E-state index in [1.165, 1.54) is 12.1 Å². The van der Waals surface area contributed by atoms with Crippen molar-refractivity contribution in [2.24, 2.45) is 7.05 Å². The lowest BCUT2D eigenvalue weighted by atomic mass is 10.2. The number of anilines is 2. The summed E-state index contributed by atoms with van der Waals surface area (Å²) in [6.07, 6.45) is 3.58. The third kappa shape index (κ3) is 5.22. The van der Waals surface area contributed by atoms with E-state index in [0.717, 1.165) is 5.56 Å². The molecular formula is C24H18Cl2FN5O. The van der Waals surface area contributed by atoms with E-state index in [-0.39, 0.29) is 5.69 Å². The molecule has 6 nitrogen and oxygen atoms in total. The molecule has 2 amide bonds. The minimum atomic E-state index is -0.544. The summed E-state index contributed by atoms with van der Waals surface area (Å²) in [4.78, 5) is 12.1. The summed E-state index contributed by atoms with van der Waals surface area (Å²) >= 11 is 12.4. The summed E-state index contributed by atoms with van der Waals surface area (Å²) in [7, 11) is 1.84. The number of amides is 2. The molecule has 0 bridgehead atoms. The number of urea groups is 1. The molecule has 0 unspecified atom stereocenters. The Morgan fingerprint density at radius 3 is 2.30 bits per heavy atom. The summed E-state index contributed by atoms with van der Waals surface area (Å²) in [6, 6.07) is 17.8. The molecule has 33 heavy (non-hydrogen) atoms. The largest absolute Gasteiger partial charge is 0.323 e. The van der Waals surface area contributed by atoms with Crippen molar-refractivity contribution < 1.29 is 9.18 Å². The van der Waals surface area contributed by atoms with Gasteiger partial charge >= 0.3 is 6.03 Å². The Kier molecular flexibility index (Phi) is 6.72. The highest BCUT2D eigenvalue weighted by Gasteiger charge is 2.11. The number of rotatable bonds is 5. The summed E-state index contributed by atoms with van der Waals surface area (Å²) in [5, 5.41) is 14.7. The van der Waals surface area contributed by atoms with E-state index in [1.807, 2.05) is 11.6 Å². The molecule has 0 atom stereocenters. The highest BCUT2D eigenvalue weighted by molar-refractivity contribution is 6.37. The molecule has 1 heterocycles. The molecule has 0 aliphatic heterocycles. The van der Waals surface area contributed by atoms with Crippen molar-refractivity contribution in [1.82, 2.24) is 14.8 Å². The Balaban J connectivity index is 1.46. The smallest absolute Gasteiger partial charge is 0.311 e. The number of nitrogens with one attached hydrogen (secondary N) is 2. The van der Waals surface area contributed by atoms with E-state index in [0.29, 0.717) is 32.9 Å². The predicted octanol–water partition coefficient (Wildman–Crippen LogP) is 6.74. The molecule has 0 spiro atoms. The van der Waals surface area contributed by atoms with Crippen LogP contribution in [-0.2, 0) is 7.05 Å². The topological polar surface area (TPSA) is 71.8 Å². The number of para-hydroxylation sites is 1. The molecule has 0 radical (unpaired) electrons. The second kappa shape index (κ2) is 9.85. The molecule has 9 heteroatoms. The van der Waals surface area contributed by atoms with Crippen LogP contribution in [0.25, 0.3) is 23.5 Å². The standard InChI is InChI=1S/C24H18Cl2FN5O/c1-32-22(14-13-17-18(25)5-4-6-19(17)26)30-31-23(32)15-9-11-16(12-10-15)28-24(33)29-21-8-3-2-7-20(21)27/h2-14H,1H3,(H2,28,29,33)/b14-13+. The zero-order valence-electron chi connectivity index (χ0n) is 17.4. The van der Waals surface area contributed by atoms with Crippen LogP contribution in [0.5, 0.6) is 0 Å². The van der Waals surface area contributed by atoms with Crippen LogP contribution in [-0.4, -0.2) is 20.8 Å². The second-order valence-corrected chi connectivity index (χ2v) is 7.86. The molecule has 2 N–H and O–H groups in total. The maximum absolute atomic E-state index is 13.7. The molecule has 3 aromatic carbocycles. The van der Waals surface area contributed by atoms with Gasteiger partial charge in [0.15, 0.2) is 11.6 Å². The molecule has 166 valence electrons. The van der Waals surface area contributed by atoms with Gasteiger partial charge in [-0.1, -0.05) is 41.4 Å². The van der Waals surface area contributed by atoms with Gasteiger partial charge in [-0.15, -0.1) is 10.2 Å². The zero-order valence-corrected chi connectivity index (χ0v) is 18.9. The van der Waals surface area contributed by atoms with Gasteiger partial charge in [-0.2, -0.15) is 0 Å². The fourth-order valence-corrected chi connectivity index (χ4v) is 3.64. The van der Waals surface area contributed by atoms with Crippen molar-refractivity contribution >= 4 is 52.8 Å². The molecule has 1 aromatic heterocycles. The van der Waals surface area contributed by atoms with Gasteiger partial charge in [-0.25, -0.2) is 9.18 Å². The fourth-order valence-electron chi connectivity index (χ4n) is 3.12. The molecule has 0 saturated carbocycles. The van der Waals surface area contributed by atoms with Crippen LogP contribution in [0.4, 0.5) is 20.6 Å². The first-order chi connectivity index (χ1) is 15.9. The number of hydrogen-bond donors (Lipinski definition) is 2. The Bertz CT molecular complexity index is 1310. The molecule has 0 saturated heterocycles. The van der Waals surface area contributed by atoms with Gasteiger partial charge in [0.05, 0.1) is 5.69 Å². The van der Waals surface area contributed by atoms with E-state index < -0.39 is 11.8 Å². The molecule has 0 aliphatic carbocycles. The quantitative estimate of drug-likeness (QED) is 0.331. The van der Waals surface area contributed by atoms with Crippen molar-refractivity contribution in [1.29, 1.82) is 0 Å². The van der Waals surface area contributed by atoms with Gasteiger partial charge in [0.2, 0.25) is 0 Å². The first kappa shape index (κ1) is 22.5. The van der Waals surface area contributed by atoms with E-state index >= 15 is 0 Å². The summed E-state index contributed by atoms with van der Waals surface area (Å²) in [6.45, 7) is 0. The van der Waals surface area contributed by atoms with Gasteiger partial charge in [-0.05, 0) is 60.7 Å². The number of hydrogen-bond acceptors (Lipinski definition) is 3. The average Bonchev–Trinajstić information content (AvgIpc) is 3.16. The van der Waals surface area contributed by atoms with E-state index in [1.54, 1.807) is 66.7 Å². The monoisotopic (exact) mass is 481 g/mol. The highest BCUT2D eigenvalue weighted by atomic mass is 35.5. The van der Waals surface area contributed by atoms with Crippen LogP contribution in [0.2, 0.25) is 10.0 Å². The van der Waals surface area contributed by atoms with Gasteiger partial charge in [0.25, 0.3) is 0 Å². The van der Waals surface area contributed by atoms with Crippen LogP contribution < -0.4 is 10.6 Å². The summed E-state index contributed by atoms with van der Waals surface area (Å²) in [5.41, 5.74) is 2.16. The zero-order chi connectivity index (χ0) is 23.4. The van der Waals surface area contributed by atoms with Crippen LogP contribution >= 0.6 is 23.2 Å². The normalized spacial score (nSPS) is 11.0. The lowest BCUT2D eigenvalue weighted by Gasteiger charge is -2.09. The lowest BCUT2D eigenvalue weighted by molar-refractivity contribution is 0.262. The molecule has 4 aromatic rings. The third-order valence-electron chi connectivity index (χ3n) is 4.83. The second-order valence-electron chi connectivity index (χ2n) is 7.05. The maximum Gasteiger partial charge on any atom is 0.323 e. The van der Waals surface area contributed by atoms with E-state index in [4.69, 9.17) is 23.2 Å². The van der Waals surface area contributed by atoms with Crippen LogP contribution in [0.15, 0.2) is 66.7 Å². The highest BCUT2D eigenvalue weighted by Crippen LogP contribution is 2.27. The van der Waals surface area contributed by atoms with Crippen LogP contribution in [0.3, 0.4) is 0 Å². The Morgan fingerprint density at radius 1 is 0.909 bits per heavy atom. The molecule has 0 fully saturated rings. The molecular weight excluding hydrogens is 464 g/mol. The van der Waals surface area contributed by atoms with Gasteiger partial charge in [-0.3, -0.25) is 0 Å². The van der Waals surface area contributed by atoms with E-state index in [2.05, 4.69) is 20.8 Å². The van der Waals surface area contributed by atoms with E-state index in [9.17, 15) is 9.18 Å². The maximum atomic E-state index is 13.7. The van der Waals surface area contributed by atoms with Gasteiger partial charge in [0, 0.05) is 33.9 Å². The van der Waals surface area contributed by atoms with Crippen molar-refractivity contribution in [3.8, 4) is 11.4 Å². The Labute approximate surface area is 199 Å². The fraction of sp³-hybridized carbons (Fsp3) is 0.0417. The molecule has 4 rings (SSSR count). The average molecular weight is 482 g/mol. The first-order valence-electron chi connectivity index (χ1n) is 9.87. The molecule has 0 aliphatic rings. The lowest BCUT2D eigenvalue weighted by Crippen LogP contribution is -2.20. The van der Waals surface area contributed by atoms with Crippen LogP contribution in [0, 0.1) is 5.82 Å². The summed E-state index contributed by atoms with van der Waals surface area (Å²) in [5.74, 6) is 0.752. The van der Waals surface area contributed by atoms with Gasteiger partial charge in [0.1, 0.15) is 5.82 Å². The number of carbonyl (C=O) groups is 1.